The lowest BCUT2D eigenvalue weighted by Gasteiger charge is -2.31. The van der Waals surface area contributed by atoms with Crippen molar-refractivity contribution in [3.05, 3.63) is 0 Å². The third-order valence-electron chi connectivity index (χ3n) is 2.91. The van der Waals surface area contributed by atoms with E-state index in [1.165, 1.54) is 19.3 Å². The Bertz CT molecular complexity index is 126. The van der Waals surface area contributed by atoms with Gasteiger partial charge >= 0.3 is 0 Å². The number of hydrogen-bond donors (Lipinski definition) is 2. The molecule has 2 heteroatoms. The number of rotatable bonds is 0. The molecule has 1 saturated heterocycles. The van der Waals surface area contributed by atoms with Crippen LogP contribution in [0.15, 0.2) is 0 Å². The summed E-state index contributed by atoms with van der Waals surface area (Å²) in [6.07, 6.45) is 4.77. The molecule has 0 bridgehead atoms. The van der Waals surface area contributed by atoms with Crippen molar-refractivity contribution in [2.75, 3.05) is 6.54 Å². The van der Waals surface area contributed by atoms with Crippen molar-refractivity contribution < 1.29 is 5.11 Å². The molecule has 10 heavy (non-hydrogen) atoms. The van der Waals surface area contributed by atoms with E-state index in [2.05, 4.69) is 5.32 Å². The standard InChI is InChI=1S/C8H15NO/c10-8-4-5-9-7-3-1-2-6(7)8/h6-10H,1-5H2. The summed E-state index contributed by atoms with van der Waals surface area (Å²) >= 11 is 0. The Kier molecular flexibility index (Phi) is 1.66. The van der Waals surface area contributed by atoms with Gasteiger partial charge in [0, 0.05) is 12.0 Å². The van der Waals surface area contributed by atoms with Crippen LogP contribution >= 0.6 is 0 Å². The van der Waals surface area contributed by atoms with Gasteiger partial charge < -0.3 is 10.4 Å². The van der Waals surface area contributed by atoms with Crippen LogP contribution in [-0.4, -0.2) is 23.8 Å². The maximum atomic E-state index is 9.54. The van der Waals surface area contributed by atoms with E-state index in [4.69, 9.17) is 0 Å². The van der Waals surface area contributed by atoms with Gasteiger partial charge in [0.25, 0.3) is 0 Å². The van der Waals surface area contributed by atoms with Crippen LogP contribution in [0.4, 0.5) is 0 Å². The Morgan fingerprint density at radius 2 is 2.10 bits per heavy atom. The van der Waals surface area contributed by atoms with Gasteiger partial charge in [0.2, 0.25) is 0 Å². The first-order chi connectivity index (χ1) is 4.88. The van der Waals surface area contributed by atoms with Crippen molar-refractivity contribution in [1.29, 1.82) is 0 Å². The van der Waals surface area contributed by atoms with Gasteiger partial charge in [0.05, 0.1) is 6.10 Å². The summed E-state index contributed by atoms with van der Waals surface area (Å²) in [7, 11) is 0. The molecule has 3 unspecified atom stereocenters. The van der Waals surface area contributed by atoms with Crippen LogP contribution in [-0.2, 0) is 0 Å². The summed E-state index contributed by atoms with van der Waals surface area (Å²) in [6.45, 7) is 1.02. The molecule has 1 aliphatic heterocycles. The molecule has 0 aromatic heterocycles. The molecule has 2 aliphatic rings. The Labute approximate surface area is 61.6 Å². The second-order valence-electron chi connectivity index (χ2n) is 3.51. The molecule has 58 valence electrons. The quantitative estimate of drug-likeness (QED) is 0.515. The van der Waals surface area contributed by atoms with Gasteiger partial charge in [0.15, 0.2) is 0 Å². The van der Waals surface area contributed by atoms with Crippen molar-refractivity contribution in [2.24, 2.45) is 5.92 Å². The fraction of sp³-hybridized carbons (Fsp3) is 1.00. The molecule has 3 atom stereocenters. The minimum Gasteiger partial charge on any atom is -0.393 e. The van der Waals surface area contributed by atoms with Gasteiger partial charge in [-0.05, 0) is 25.8 Å². The normalized spacial score (nSPS) is 47.1. The molecule has 0 spiro atoms. The maximum absolute atomic E-state index is 9.54. The van der Waals surface area contributed by atoms with E-state index in [0.717, 1.165) is 13.0 Å². The lowest BCUT2D eigenvalue weighted by atomic mass is 9.91. The summed E-state index contributed by atoms with van der Waals surface area (Å²) in [5, 5.41) is 13.0. The molecule has 0 aromatic carbocycles. The van der Waals surface area contributed by atoms with Crippen molar-refractivity contribution in [3.8, 4) is 0 Å². The Balaban J connectivity index is 2.03. The predicted octanol–water partition coefficient (Wildman–Crippen LogP) is 0.509. The largest absolute Gasteiger partial charge is 0.393 e. The Hall–Kier alpha value is -0.0800. The molecule has 1 aliphatic carbocycles. The Morgan fingerprint density at radius 3 is 2.90 bits per heavy atom. The highest BCUT2D eigenvalue weighted by atomic mass is 16.3. The van der Waals surface area contributed by atoms with E-state index in [9.17, 15) is 5.11 Å². The van der Waals surface area contributed by atoms with Gasteiger partial charge in [-0.2, -0.15) is 0 Å². The molecule has 2 nitrogen and oxygen atoms in total. The van der Waals surface area contributed by atoms with Gasteiger partial charge in [0.1, 0.15) is 0 Å². The van der Waals surface area contributed by atoms with E-state index in [-0.39, 0.29) is 6.10 Å². The van der Waals surface area contributed by atoms with Crippen LogP contribution in [0.2, 0.25) is 0 Å². The van der Waals surface area contributed by atoms with E-state index >= 15 is 0 Å². The third kappa shape index (κ3) is 0.956. The molecule has 2 rings (SSSR count). The smallest absolute Gasteiger partial charge is 0.0595 e. The highest BCUT2D eigenvalue weighted by Gasteiger charge is 2.34. The monoisotopic (exact) mass is 141 g/mol. The highest BCUT2D eigenvalue weighted by molar-refractivity contribution is 4.91. The van der Waals surface area contributed by atoms with E-state index in [0.29, 0.717) is 12.0 Å². The van der Waals surface area contributed by atoms with Crippen LogP contribution in [0, 0.1) is 5.92 Å². The fourth-order valence-electron chi connectivity index (χ4n) is 2.33. The van der Waals surface area contributed by atoms with Crippen LogP contribution in [0.25, 0.3) is 0 Å². The number of nitrogens with one attached hydrogen (secondary N) is 1. The third-order valence-corrected chi connectivity index (χ3v) is 2.91. The zero-order chi connectivity index (χ0) is 6.97. The highest BCUT2D eigenvalue weighted by Crippen LogP contribution is 2.31. The summed E-state index contributed by atoms with van der Waals surface area (Å²) in [5.74, 6) is 0.578. The molecule has 0 aromatic rings. The van der Waals surface area contributed by atoms with Crippen LogP contribution in [0.1, 0.15) is 25.7 Å². The molecule has 1 heterocycles. The topological polar surface area (TPSA) is 32.3 Å². The van der Waals surface area contributed by atoms with E-state index < -0.39 is 0 Å². The molecule has 2 N–H and O–H groups in total. The SMILES string of the molecule is OC1CCNC2CCCC12. The van der Waals surface area contributed by atoms with Crippen LogP contribution < -0.4 is 5.32 Å². The zero-order valence-corrected chi connectivity index (χ0v) is 6.21. The predicted molar refractivity (Wildman–Crippen MR) is 39.8 cm³/mol. The number of piperidine rings is 1. The van der Waals surface area contributed by atoms with Gasteiger partial charge in [-0.1, -0.05) is 6.42 Å². The minimum absolute atomic E-state index is 0.00579. The summed E-state index contributed by atoms with van der Waals surface area (Å²) < 4.78 is 0. The van der Waals surface area contributed by atoms with Crippen molar-refractivity contribution >= 4 is 0 Å². The molecular formula is C8H15NO. The molecule has 2 fully saturated rings. The van der Waals surface area contributed by atoms with E-state index in [1.807, 2.05) is 0 Å². The van der Waals surface area contributed by atoms with Crippen molar-refractivity contribution in [3.63, 3.8) is 0 Å². The van der Waals surface area contributed by atoms with Gasteiger partial charge in [-0.15, -0.1) is 0 Å². The lowest BCUT2D eigenvalue weighted by molar-refractivity contribution is 0.0645. The van der Waals surface area contributed by atoms with Crippen LogP contribution in [0.3, 0.4) is 0 Å². The minimum atomic E-state index is -0.00579. The van der Waals surface area contributed by atoms with Gasteiger partial charge in [-0.25, -0.2) is 0 Å². The second kappa shape index (κ2) is 2.51. The lowest BCUT2D eigenvalue weighted by Crippen LogP contribution is -2.45. The van der Waals surface area contributed by atoms with Crippen LogP contribution in [0.5, 0.6) is 0 Å². The first kappa shape index (κ1) is 6.62. The molecule has 0 radical (unpaired) electrons. The zero-order valence-electron chi connectivity index (χ0n) is 6.21. The van der Waals surface area contributed by atoms with Crippen molar-refractivity contribution in [2.45, 2.75) is 37.8 Å². The van der Waals surface area contributed by atoms with E-state index in [1.54, 1.807) is 0 Å². The van der Waals surface area contributed by atoms with Crippen molar-refractivity contribution in [1.82, 2.24) is 5.32 Å². The van der Waals surface area contributed by atoms with Gasteiger partial charge in [-0.3, -0.25) is 0 Å². The second-order valence-corrected chi connectivity index (χ2v) is 3.51. The average molecular weight is 141 g/mol. The number of aliphatic hydroxyl groups excluding tert-OH is 1. The fourth-order valence-corrected chi connectivity index (χ4v) is 2.33. The summed E-state index contributed by atoms with van der Waals surface area (Å²) in [5.41, 5.74) is 0. The number of hydrogen-bond acceptors (Lipinski definition) is 2. The average Bonchev–Trinajstić information content (AvgIpc) is 2.36. The molecule has 1 saturated carbocycles. The summed E-state index contributed by atoms with van der Waals surface area (Å²) in [6, 6.07) is 0.642. The Morgan fingerprint density at radius 1 is 1.20 bits per heavy atom. The first-order valence-electron chi connectivity index (χ1n) is 4.29. The molecular weight excluding hydrogens is 126 g/mol. The molecule has 0 amide bonds. The first-order valence-corrected chi connectivity index (χ1v) is 4.29. The maximum Gasteiger partial charge on any atom is 0.0595 e. The number of fused-ring (bicyclic) bond motifs is 1. The summed E-state index contributed by atoms with van der Waals surface area (Å²) in [4.78, 5) is 0. The number of aliphatic hydroxyl groups is 1.